The topological polar surface area (TPSA) is 52.6 Å². The zero-order valence-electron chi connectivity index (χ0n) is 12.1. The average molecular weight is 333 g/mol. The van der Waals surface area contributed by atoms with E-state index >= 15 is 0 Å². The van der Waals surface area contributed by atoms with Crippen molar-refractivity contribution in [3.8, 4) is 0 Å². The number of piperidine rings is 1. The van der Waals surface area contributed by atoms with Gasteiger partial charge >= 0.3 is 0 Å². The maximum Gasteiger partial charge on any atom is 0.282 e. The summed E-state index contributed by atoms with van der Waals surface area (Å²) in [7, 11) is 0. The van der Waals surface area contributed by atoms with Crippen LogP contribution in [0.1, 0.15) is 23.2 Å². The molecule has 0 unspecified atom stereocenters. The summed E-state index contributed by atoms with van der Waals surface area (Å²) >= 11 is 6.02. The number of carbonyl (C=O) groups excluding carboxylic acids is 1. The summed E-state index contributed by atoms with van der Waals surface area (Å²) in [4.78, 5) is 14.0. The van der Waals surface area contributed by atoms with Crippen molar-refractivity contribution in [1.29, 1.82) is 0 Å². The Kier molecular flexibility index (Phi) is 5.72. The number of hydrogen-bond donors (Lipinski definition) is 2. The molecule has 1 aromatic carbocycles. The molecule has 122 valence electrons. The van der Waals surface area contributed by atoms with E-state index in [4.69, 9.17) is 16.7 Å². The maximum atomic E-state index is 13.0. The minimum atomic E-state index is -3.11. The van der Waals surface area contributed by atoms with Crippen molar-refractivity contribution in [2.45, 2.75) is 24.8 Å². The van der Waals surface area contributed by atoms with E-state index in [9.17, 15) is 13.6 Å². The van der Waals surface area contributed by atoms with Gasteiger partial charge in [-0.1, -0.05) is 23.7 Å². The van der Waals surface area contributed by atoms with Crippen LogP contribution in [0, 0.1) is 0 Å². The van der Waals surface area contributed by atoms with E-state index < -0.39 is 19.1 Å². The summed E-state index contributed by atoms with van der Waals surface area (Å²) in [6.07, 6.45) is 1.19. The Hall–Kier alpha value is -1.24. The van der Waals surface area contributed by atoms with Gasteiger partial charge in [0.1, 0.15) is 6.61 Å². The molecule has 1 aliphatic rings. The lowest BCUT2D eigenvalue weighted by atomic mass is 10.0. The molecule has 7 heteroatoms. The van der Waals surface area contributed by atoms with Crippen molar-refractivity contribution in [1.82, 2.24) is 10.2 Å². The van der Waals surface area contributed by atoms with E-state index in [0.29, 0.717) is 36.5 Å². The second-order valence-electron chi connectivity index (χ2n) is 5.44. The van der Waals surface area contributed by atoms with Crippen molar-refractivity contribution < 1.29 is 18.7 Å². The molecule has 0 spiro atoms. The van der Waals surface area contributed by atoms with Gasteiger partial charge in [-0.25, -0.2) is 8.78 Å². The van der Waals surface area contributed by atoms with Gasteiger partial charge in [-0.3, -0.25) is 4.79 Å². The molecule has 0 aliphatic carbocycles. The first kappa shape index (κ1) is 17.1. The number of alkyl halides is 2. The molecule has 0 saturated carbocycles. The molecule has 2 N–H and O–H groups in total. The Balaban J connectivity index is 1.85. The average Bonchev–Trinajstić information content (AvgIpc) is 2.53. The molecule has 1 aromatic rings. The molecule has 0 aromatic heterocycles. The van der Waals surface area contributed by atoms with Crippen LogP contribution < -0.4 is 5.32 Å². The Bertz CT molecular complexity index is 520. The molecule has 0 atom stereocenters. The van der Waals surface area contributed by atoms with Crippen molar-refractivity contribution >= 4 is 17.5 Å². The molecule has 1 amide bonds. The number of nitrogens with one attached hydrogen (secondary N) is 1. The molecule has 1 heterocycles. The Morgan fingerprint density at radius 3 is 2.59 bits per heavy atom. The largest absolute Gasteiger partial charge is 0.390 e. The highest BCUT2D eigenvalue weighted by Crippen LogP contribution is 2.20. The third-order valence-corrected chi connectivity index (χ3v) is 4.10. The predicted molar refractivity (Wildman–Crippen MR) is 80.4 cm³/mol. The second kappa shape index (κ2) is 7.35. The third kappa shape index (κ3) is 4.38. The summed E-state index contributed by atoms with van der Waals surface area (Å²) in [5, 5.41) is 11.7. The second-order valence-corrected chi connectivity index (χ2v) is 5.85. The minimum Gasteiger partial charge on any atom is -0.390 e. The monoisotopic (exact) mass is 332 g/mol. The van der Waals surface area contributed by atoms with Crippen LogP contribution in [0.4, 0.5) is 8.78 Å². The molecule has 1 aliphatic heterocycles. The lowest BCUT2D eigenvalue weighted by Crippen LogP contribution is -2.48. The van der Waals surface area contributed by atoms with Crippen LogP contribution in [0.2, 0.25) is 5.02 Å². The molecular formula is C15H19ClF2N2O2. The van der Waals surface area contributed by atoms with Gasteiger partial charge in [0.05, 0.1) is 17.1 Å². The first-order valence-electron chi connectivity index (χ1n) is 7.19. The maximum absolute atomic E-state index is 13.0. The number of halogens is 3. The molecule has 22 heavy (non-hydrogen) atoms. The van der Waals surface area contributed by atoms with Crippen LogP contribution in [0.5, 0.6) is 0 Å². The molecule has 2 rings (SSSR count). The van der Waals surface area contributed by atoms with Crippen LogP contribution in [0.25, 0.3) is 0 Å². The molecule has 1 fully saturated rings. The van der Waals surface area contributed by atoms with Gasteiger partial charge in [0.2, 0.25) is 0 Å². The molecular weight excluding hydrogens is 314 g/mol. The van der Waals surface area contributed by atoms with Crippen LogP contribution in [-0.4, -0.2) is 54.1 Å². The van der Waals surface area contributed by atoms with Gasteiger partial charge in [-0.2, -0.15) is 0 Å². The standard InChI is InChI=1S/C15H19ClF2N2O2/c16-13-4-2-1-3-12(13)14(22)20-7-5-11(6-8-20)19-9-15(17,18)10-21/h1-4,11,19,21H,5-10H2. The predicted octanol–water partition coefficient (Wildman–Crippen LogP) is 2.16. The first-order chi connectivity index (χ1) is 10.4. The normalized spacial score (nSPS) is 16.8. The Morgan fingerprint density at radius 2 is 2.00 bits per heavy atom. The van der Waals surface area contributed by atoms with E-state index in [-0.39, 0.29) is 11.9 Å². The Morgan fingerprint density at radius 1 is 1.36 bits per heavy atom. The lowest BCUT2D eigenvalue weighted by molar-refractivity contribution is -0.0503. The van der Waals surface area contributed by atoms with Crippen LogP contribution in [0.3, 0.4) is 0 Å². The fraction of sp³-hybridized carbons (Fsp3) is 0.533. The highest BCUT2D eigenvalue weighted by molar-refractivity contribution is 6.33. The van der Waals surface area contributed by atoms with Crippen molar-refractivity contribution in [2.75, 3.05) is 26.2 Å². The van der Waals surface area contributed by atoms with Crippen molar-refractivity contribution in [3.63, 3.8) is 0 Å². The van der Waals surface area contributed by atoms with E-state index in [1.54, 1.807) is 29.2 Å². The number of amides is 1. The summed E-state index contributed by atoms with van der Waals surface area (Å²) in [6, 6.07) is 6.78. The summed E-state index contributed by atoms with van der Waals surface area (Å²) < 4.78 is 26.0. The number of rotatable bonds is 5. The van der Waals surface area contributed by atoms with Gasteiger partial charge < -0.3 is 15.3 Å². The van der Waals surface area contributed by atoms with E-state index in [0.717, 1.165) is 0 Å². The highest BCUT2D eigenvalue weighted by Gasteiger charge is 2.30. The smallest absolute Gasteiger partial charge is 0.282 e. The molecule has 4 nitrogen and oxygen atoms in total. The third-order valence-electron chi connectivity index (χ3n) is 3.77. The van der Waals surface area contributed by atoms with Gasteiger partial charge in [0.25, 0.3) is 11.8 Å². The van der Waals surface area contributed by atoms with Gasteiger partial charge in [0.15, 0.2) is 0 Å². The van der Waals surface area contributed by atoms with Crippen molar-refractivity contribution in [3.05, 3.63) is 34.9 Å². The van der Waals surface area contributed by atoms with Crippen LogP contribution in [0.15, 0.2) is 24.3 Å². The van der Waals surface area contributed by atoms with Gasteiger partial charge in [-0.05, 0) is 25.0 Å². The summed E-state index contributed by atoms with van der Waals surface area (Å²) in [5.41, 5.74) is 0.461. The number of hydrogen-bond acceptors (Lipinski definition) is 3. The zero-order chi connectivity index (χ0) is 16.2. The fourth-order valence-corrected chi connectivity index (χ4v) is 2.66. The van der Waals surface area contributed by atoms with Crippen LogP contribution in [-0.2, 0) is 0 Å². The number of carbonyl (C=O) groups is 1. The van der Waals surface area contributed by atoms with Gasteiger partial charge in [-0.15, -0.1) is 0 Å². The van der Waals surface area contributed by atoms with E-state index in [1.807, 2.05) is 0 Å². The number of aliphatic hydroxyl groups excluding tert-OH is 1. The SMILES string of the molecule is O=C(c1ccccc1Cl)N1CCC(NCC(F)(F)CO)CC1. The number of aliphatic hydroxyl groups is 1. The fourth-order valence-electron chi connectivity index (χ4n) is 2.44. The first-order valence-corrected chi connectivity index (χ1v) is 7.56. The quantitative estimate of drug-likeness (QED) is 0.869. The summed E-state index contributed by atoms with van der Waals surface area (Å²) in [6.45, 7) is -0.727. The van der Waals surface area contributed by atoms with Crippen molar-refractivity contribution in [2.24, 2.45) is 0 Å². The minimum absolute atomic E-state index is 0.0762. The van der Waals surface area contributed by atoms with Gasteiger partial charge in [0, 0.05) is 19.1 Å². The van der Waals surface area contributed by atoms with Crippen LogP contribution >= 0.6 is 11.6 Å². The zero-order valence-corrected chi connectivity index (χ0v) is 12.8. The summed E-state index contributed by atoms with van der Waals surface area (Å²) in [5.74, 6) is -3.24. The number of nitrogens with zero attached hydrogens (tertiary/aromatic N) is 1. The van der Waals surface area contributed by atoms with E-state index in [1.165, 1.54) is 0 Å². The number of likely N-dealkylation sites (tertiary alicyclic amines) is 1. The number of benzene rings is 1. The lowest BCUT2D eigenvalue weighted by Gasteiger charge is -2.33. The van der Waals surface area contributed by atoms with E-state index in [2.05, 4.69) is 5.32 Å². The molecule has 0 radical (unpaired) electrons. The molecule has 1 saturated heterocycles. The molecule has 0 bridgehead atoms. The highest BCUT2D eigenvalue weighted by atomic mass is 35.5. The Labute approximate surface area is 133 Å².